The zero-order valence-electron chi connectivity index (χ0n) is 15.3. The maximum absolute atomic E-state index is 13.4. The van der Waals surface area contributed by atoms with Gasteiger partial charge in [0.15, 0.2) is 0 Å². The molecule has 1 saturated heterocycles. The van der Waals surface area contributed by atoms with Crippen molar-refractivity contribution in [2.75, 3.05) is 13.2 Å². The molecule has 0 N–H and O–H groups in total. The summed E-state index contributed by atoms with van der Waals surface area (Å²) in [6.45, 7) is 0.478. The normalized spacial score (nSPS) is 24.5. The van der Waals surface area contributed by atoms with Crippen molar-refractivity contribution in [2.45, 2.75) is 37.5 Å². The summed E-state index contributed by atoms with van der Waals surface area (Å²) in [4.78, 5) is 25.6. The Labute approximate surface area is 162 Å². The topological polar surface area (TPSA) is 72.7 Å². The lowest BCUT2D eigenvalue weighted by Crippen LogP contribution is -2.49. The van der Waals surface area contributed by atoms with Crippen LogP contribution in [0.5, 0.6) is 0 Å². The predicted molar refractivity (Wildman–Crippen MR) is 99.9 cm³/mol. The average Bonchev–Trinajstić information content (AvgIpc) is 2.73. The molecule has 4 rings (SSSR count). The first-order valence-corrected chi connectivity index (χ1v) is 9.43. The summed E-state index contributed by atoms with van der Waals surface area (Å²) in [5, 5.41) is 10.9. The molecule has 3 atom stereocenters. The molecule has 2 aromatic carbocycles. The van der Waals surface area contributed by atoms with Crippen LogP contribution >= 0.6 is 0 Å². The van der Waals surface area contributed by atoms with E-state index in [0.717, 1.165) is 17.5 Å². The highest BCUT2D eigenvalue weighted by molar-refractivity contribution is 5.82. The van der Waals surface area contributed by atoms with E-state index in [1.807, 2.05) is 24.3 Å². The number of carbonyl (C=O) groups excluding carboxylic acids is 1. The largest absolute Gasteiger partial charge is 0.361 e. The molecule has 0 spiro atoms. The van der Waals surface area contributed by atoms with Crippen molar-refractivity contribution in [1.29, 1.82) is 0 Å². The van der Waals surface area contributed by atoms with Crippen molar-refractivity contribution in [3.8, 4) is 0 Å². The molecule has 1 fully saturated rings. The summed E-state index contributed by atoms with van der Waals surface area (Å²) in [5.74, 6) is -0.488. The number of nitrogens with zero attached hydrogens (tertiary/aromatic N) is 2. The quantitative estimate of drug-likeness (QED) is 0.602. The van der Waals surface area contributed by atoms with Crippen LogP contribution in [-0.4, -0.2) is 41.0 Å². The van der Waals surface area contributed by atoms with E-state index >= 15 is 0 Å². The van der Waals surface area contributed by atoms with Crippen molar-refractivity contribution < 1.29 is 18.8 Å². The van der Waals surface area contributed by atoms with E-state index in [9.17, 15) is 19.3 Å². The van der Waals surface area contributed by atoms with Gasteiger partial charge in [0.2, 0.25) is 6.04 Å². The summed E-state index contributed by atoms with van der Waals surface area (Å²) in [6, 6.07) is 13.1. The first kappa shape index (κ1) is 18.6. The standard InChI is InChI=1S/C21H21FN2O4/c22-16-7-5-15(6-8-16)20-18-4-2-1-3-14(18)11-12-23(20)21(25)19-10-9-17(13-28-19)24(26)27/h1-8,17,19-20H,9-13H2/t17-,19+,20-/m0/s1. The zero-order valence-corrected chi connectivity index (χ0v) is 15.3. The second kappa shape index (κ2) is 7.67. The van der Waals surface area contributed by atoms with Gasteiger partial charge < -0.3 is 9.64 Å². The molecule has 0 bridgehead atoms. The van der Waals surface area contributed by atoms with E-state index in [4.69, 9.17) is 4.74 Å². The molecule has 6 nitrogen and oxygen atoms in total. The second-order valence-electron chi connectivity index (χ2n) is 7.27. The molecule has 28 heavy (non-hydrogen) atoms. The molecule has 7 heteroatoms. The van der Waals surface area contributed by atoms with Gasteiger partial charge in [0.05, 0.1) is 6.04 Å². The molecule has 0 aliphatic carbocycles. The number of hydrogen-bond donors (Lipinski definition) is 0. The van der Waals surface area contributed by atoms with Gasteiger partial charge in [-0.15, -0.1) is 0 Å². The molecule has 0 aromatic heterocycles. The minimum absolute atomic E-state index is 0.0466. The molecule has 0 saturated carbocycles. The molecule has 0 radical (unpaired) electrons. The fraction of sp³-hybridized carbons (Fsp3) is 0.381. The lowest BCUT2D eigenvalue weighted by molar-refractivity contribution is -0.532. The van der Waals surface area contributed by atoms with Crippen molar-refractivity contribution in [2.24, 2.45) is 0 Å². The molecule has 2 aliphatic heterocycles. The Kier molecular flexibility index (Phi) is 5.09. The third kappa shape index (κ3) is 3.49. The molecule has 2 aliphatic rings. The fourth-order valence-electron chi connectivity index (χ4n) is 4.09. The van der Waals surface area contributed by atoms with Gasteiger partial charge in [0, 0.05) is 17.9 Å². The van der Waals surface area contributed by atoms with Crippen molar-refractivity contribution >= 4 is 5.91 Å². The first-order chi connectivity index (χ1) is 13.5. The van der Waals surface area contributed by atoms with Crippen molar-refractivity contribution in [3.05, 3.63) is 81.2 Å². The highest BCUT2D eigenvalue weighted by Gasteiger charge is 2.39. The van der Waals surface area contributed by atoms with Crippen LogP contribution in [0, 0.1) is 15.9 Å². The maximum Gasteiger partial charge on any atom is 0.252 e. The number of benzene rings is 2. The molecule has 146 valence electrons. The summed E-state index contributed by atoms with van der Waals surface area (Å²) < 4.78 is 19.0. The van der Waals surface area contributed by atoms with E-state index in [1.54, 1.807) is 17.0 Å². The van der Waals surface area contributed by atoms with E-state index in [2.05, 4.69) is 0 Å². The first-order valence-electron chi connectivity index (χ1n) is 9.43. The van der Waals surface area contributed by atoms with Gasteiger partial charge in [-0.1, -0.05) is 36.4 Å². The highest BCUT2D eigenvalue weighted by Crippen LogP contribution is 2.36. The molecule has 1 amide bonds. The lowest BCUT2D eigenvalue weighted by Gasteiger charge is -2.40. The Morgan fingerprint density at radius 3 is 2.57 bits per heavy atom. The number of rotatable bonds is 3. The second-order valence-corrected chi connectivity index (χ2v) is 7.27. The van der Waals surface area contributed by atoms with Crippen LogP contribution in [0.4, 0.5) is 4.39 Å². The monoisotopic (exact) mass is 384 g/mol. The van der Waals surface area contributed by atoms with Gasteiger partial charge in [0.25, 0.3) is 5.91 Å². The Hall–Kier alpha value is -2.80. The smallest absolute Gasteiger partial charge is 0.252 e. The van der Waals surface area contributed by atoms with Gasteiger partial charge >= 0.3 is 0 Å². The van der Waals surface area contributed by atoms with Gasteiger partial charge in [-0.25, -0.2) is 4.39 Å². The van der Waals surface area contributed by atoms with Crippen molar-refractivity contribution in [1.82, 2.24) is 4.90 Å². The molecule has 2 heterocycles. The number of amides is 1. The van der Waals surface area contributed by atoms with Crippen LogP contribution in [0.1, 0.15) is 35.6 Å². The number of fused-ring (bicyclic) bond motifs is 1. The van der Waals surface area contributed by atoms with Crippen LogP contribution < -0.4 is 0 Å². The van der Waals surface area contributed by atoms with Crippen molar-refractivity contribution in [3.63, 3.8) is 0 Å². The number of ether oxygens (including phenoxy) is 1. The number of hydrogen-bond acceptors (Lipinski definition) is 4. The SMILES string of the molecule is O=C([C@H]1CC[C@H]([N+](=O)[O-])CO1)N1CCc2ccccc2[C@@H]1c1ccc(F)cc1. The fourth-order valence-corrected chi connectivity index (χ4v) is 4.09. The van der Waals surface area contributed by atoms with E-state index in [1.165, 1.54) is 17.7 Å². The Morgan fingerprint density at radius 2 is 1.89 bits per heavy atom. The Morgan fingerprint density at radius 1 is 1.14 bits per heavy atom. The van der Waals surface area contributed by atoms with Crippen LogP contribution in [0.15, 0.2) is 48.5 Å². The van der Waals surface area contributed by atoms with E-state index in [-0.39, 0.29) is 29.3 Å². The summed E-state index contributed by atoms with van der Waals surface area (Å²) in [6.07, 6.45) is 0.710. The van der Waals surface area contributed by atoms with Gasteiger partial charge in [-0.2, -0.15) is 0 Å². The number of nitro groups is 1. The minimum atomic E-state index is -0.751. The molecule has 2 aromatic rings. The molecular weight excluding hydrogens is 363 g/mol. The molecular formula is C21H21FN2O4. The third-order valence-corrected chi connectivity index (χ3v) is 5.58. The van der Waals surface area contributed by atoms with Gasteiger partial charge in [0.1, 0.15) is 18.5 Å². The van der Waals surface area contributed by atoms with E-state index in [0.29, 0.717) is 19.4 Å². The van der Waals surface area contributed by atoms with Crippen LogP contribution in [0.2, 0.25) is 0 Å². The van der Waals surface area contributed by atoms with Crippen LogP contribution in [0.25, 0.3) is 0 Å². The average molecular weight is 384 g/mol. The number of carbonyl (C=O) groups is 1. The van der Waals surface area contributed by atoms with Crippen LogP contribution in [0.3, 0.4) is 0 Å². The van der Waals surface area contributed by atoms with Crippen LogP contribution in [-0.2, 0) is 16.0 Å². The third-order valence-electron chi connectivity index (χ3n) is 5.58. The minimum Gasteiger partial charge on any atom is -0.361 e. The summed E-state index contributed by atoms with van der Waals surface area (Å²) in [7, 11) is 0. The Bertz CT molecular complexity index is 878. The zero-order chi connectivity index (χ0) is 19.7. The lowest BCUT2D eigenvalue weighted by atomic mass is 9.87. The number of halogens is 1. The van der Waals surface area contributed by atoms with Gasteiger partial charge in [-0.3, -0.25) is 14.9 Å². The molecule has 0 unspecified atom stereocenters. The summed E-state index contributed by atoms with van der Waals surface area (Å²) in [5.41, 5.74) is 3.02. The maximum atomic E-state index is 13.4. The highest BCUT2D eigenvalue weighted by atomic mass is 19.1. The summed E-state index contributed by atoms with van der Waals surface area (Å²) >= 11 is 0. The Balaban J connectivity index is 1.63. The predicted octanol–water partition coefficient (Wildman–Crippen LogP) is 3.12. The van der Waals surface area contributed by atoms with Gasteiger partial charge in [-0.05, 0) is 41.7 Å². The van der Waals surface area contributed by atoms with E-state index < -0.39 is 12.1 Å².